The maximum Gasteiger partial charge on any atom is 0.332 e. The minimum Gasteiger partial charge on any atom is -0.467 e. The maximum atomic E-state index is 12.0. The molecule has 0 aliphatic rings. The summed E-state index contributed by atoms with van der Waals surface area (Å²) in [5.41, 5.74) is 1.61. The van der Waals surface area contributed by atoms with Crippen molar-refractivity contribution in [3.63, 3.8) is 0 Å². The second kappa shape index (κ2) is 6.56. The summed E-state index contributed by atoms with van der Waals surface area (Å²) in [6.07, 6.45) is 3.55. The summed E-state index contributed by atoms with van der Waals surface area (Å²) in [5.74, 6) is -0.340. The highest BCUT2D eigenvalue weighted by Crippen LogP contribution is 2.23. The first-order valence-electron chi connectivity index (χ1n) is 6.26. The number of ether oxygens (including phenoxy) is 1. The van der Waals surface area contributed by atoms with Gasteiger partial charge >= 0.3 is 5.97 Å². The van der Waals surface area contributed by atoms with Gasteiger partial charge in [-0.05, 0) is 24.6 Å². The molecule has 0 saturated carbocycles. The van der Waals surface area contributed by atoms with E-state index >= 15 is 0 Å². The molecule has 20 heavy (non-hydrogen) atoms. The number of aryl methyl sites for hydroxylation is 1. The van der Waals surface area contributed by atoms with Crippen LogP contribution in [0, 0.1) is 0 Å². The molecule has 6 heteroatoms. The Hall–Kier alpha value is -1.82. The molecule has 1 aromatic carbocycles. The number of hydrogen-bond donors (Lipinski definition) is 1. The van der Waals surface area contributed by atoms with Gasteiger partial charge in [0.2, 0.25) is 0 Å². The molecule has 0 fully saturated rings. The summed E-state index contributed by atoms with van der Waals surface area (Å²) >= 11 is 3.41. The fourth-order valence-corrected chi connectivity index (χ4v) is 2.28. The van der Waals surface area contributed by atoms with Crippen LogP contribution >= 0.6 is 15.9 Å². The SMILES string of the molecule is CCn1cc(N[C@H](C(=O)OC)c2cccc(Br)c2)cn1. The first-order valence-corrected chi connectivity index (χ1v) is 7.05. The van der Waals surface area contributed by atoms with Crippen LogP contribution < -0.4 is 5.32 Å². The van der Waals surface area contributed by atoms with Crippen molar-refractivity contribution >= 4 is 27.6 Å². The van der Waals surface area contributed by atoms with Gasteiger partial charge in [0.05, 0.1) is 19.0 Å². The highest BCUT2D eigenvalue weighted by molar-refractivity contribution is 9.10. The summed E-state index contributed by atoms with van der Waals surface area (Å²) in [6.45, 7) is 2.78. The van der Waals surface area contributed by atoms with Crippen LogP contribution in [-0.2, 0) is 16.1 Å². The molecule has 0 aliphatic carbocycles. The van der Waals surface area contributed by atoms with E-state index < -0.39 is 6.04 Å². The third kappa shape index (κ3) is 3.39. The molecule has 0 spiro atoms. The molecular formula is C14H16BrN3O2. The zero-order valence-electron chi connectivity index (χ0n) is 11.3. The Kier molecular flexibility index (Phi) is 4.79. The third-order valence-corrected chi connectivity index (χ3v) is 3.38. The van der Waals surface area contributed by atoms with E-state index in [4.69, 9.17) is 4.74 Å². The average Bonchev–Trinajstić information content (AvgIpc) is 2.91. The van der Waals surface area contributed by atoms with Crippen LogP contribution in [0.25, 0.3) is 0 Å². The predicted molar refractivity (Wildman–Crippen MR) is 80.4 cm³/mol. The lowest BCUT2D eigenvalue weighted by atomic mass is 10.1. The van der Waals surface area contributed by atoms with Gasteiger partial charge in [0.1, 0.15) is 0 Å². The summed E-state index contributed by atoms with van der Waals surface area (Å²) in [5, 5.41) is 7.33. The number of nitrogens with one attached hydrogen (secondary N) is 1. The maximum absolute atomic E-state index is 12.0. The van der Waals surface area contributed by atoms with E-state index in [1.807, 2.05) is 37.4 Å². The number of hydrogen-bond acceptors (Lipinski definition) is 4. The summed E-state index contributed by atoms with van der Waals surface area (Å²) in [6, 6.07) is 6.99. The Bertz CT molecular complexity index is 598. The van der Waals surface area contributed by atoms with Crippen molar-refractivity contribution < 1.29 is 9.53 Å². The number of benzene rings is 1. The summed E-state index contributed by atoms with van der Waals surface area (Å²) in [7, 11) is 1.38. The smallest absolute Gasteiger partial charge is 0.332 e. The molecule has 1 atom stereocenters. The standard InChI is InChI=1S/C14H16BrN3O2/c1-3-18-9-12(8-16-18)17-13(14(19)20-2)10-5-4-6-11(15)7-10/h4-9,13,17H,3H2,1-2H3/t13-/m0/s1. The molecule has 0 unspecified atom stereocenters. The summed E-state index contributed by atoms with van der Waals surface area (Å²) < 4.78 is 7.57. The van der Waals surface area contributed by atoms with Gasteiger partial charge in [0.25, 0.3) is 0 Å². The highest BCUT2D eigenvalue weighted by Gasteiger charge is 2.22. The molecule has 5 nitrogen and oxygen atoms in total. The van der Waals surface area contributed by atoms with Gasteiger partial charge < -0.3 is 10.1 Å². The van der Waals surface area contributed by atoms with Crippen LogP contribution in [0.5, 0.6) is 0 Å². The van der Waals surface area contributed by atoms with Crippen LogP contribution in [0.15, 0.2) is 41.1 Å². The lowest BCUT2D eigenvalue weighted by molar-refractivity contribution is -0.141. The molecule has 106 valence electrons. The predicted octanol–water partition coefficient (Wildman–Crippen LogP) is 2.99. The fraction of sp³-hybridized carbons (Fsp3) is 0.286. The highest BCUT2D eigenvalue weighted by atomic mass is 79.9. The van der Waals surface area contributed by atoms with E-state index in [1.165, 1.54) is 7.11 Å². The molecule has 0 amide bonds. The lowest BCUT2D eigenvalue weighted by Crippen LogP contribution is -2.22. The van der Waals surface area contributed by atoms with Gasteiger partial charge in [-0.25, -0.2) is 4.79 Å². The largest absolute Gasteiger partial charge is 0.467 e. The first kappa shape index (κ1) is 14.6. The fourth-order valence-electron chi connectivity index (χ4n) is 1.86. The number of carbonyl (C=O) groups excluding carboxylic acids is 1. The number of rotatable bonds is 5. The number of anilines is 1. The molecule has 1 N–H and O–H groups in total. The molecule has 0 aliphatic heterocycles. The van der Waals surface area contributed by atoms with Gasteiger partial charge in [-0.3, -0.25) is 4.68 Å². The number of esters is 1. The second-order valence-corrected chi connectivity index (χ2v) is 5.16. The first-order chi connectivity index (χ1) is 9.63. The van der Waals surface area contributed by atoms with E-state index in [9.17, 15) is 4.79 Å². The number of carbonyl (C=O) groups is 1. The molecule has 1 aromatic heterocycles. The van der Waals surface area contributed by atoms with E-state index in [1.54, 1.807) is 10.9 Å². The third-order valence-electron chi connectivity index (χ3n) is 2.89. The van der Waals surface area contributed by atoms with Crippen LogP contribution in [0.2, 0.25) is 0 Å². The van der Waals surface area contributed by atoms with Gasteiger partial charge in [0.15, 0.2) is 6.04 Å². The minimum atomic E-state index is -0.563. The Morgan fingerprint density at radius 3 is 2.95 bits per heavy atom. The topological polar surface area (TPSA) is 56.2 Å². The van der Waals surface area contributed by atoms with Crippen molar-refractivity contribution in [2.75, 3.05) is 12.4 Å². The van der Waals surface area contributed by atoms with Crippen molar-refractivity contribution in [1.82, 2.24) is 9.78 Å². The zero-order chi connectivity index (χ0) is 14.5. The number of halogens is 1. The molecule has 0 saturated heterocycles. The second-order valence-electron chi connectivity index (χ2n) is 4.24. The number of methoxy groups -OCH3 is 1. The Balaban J connectivity index is 2.26. The zero-order valence-corrected chi connectivity index (χ0v) is 12.9. The molecule has 1 heterocycles. The van der Waals surface area contributed by atoms with Crippen LogP contribution in [0.1, 0.15) is 18.5 Å². The van der Waals surface area contributed by atoms with Gasteiger partial charge in [-0.2, -0.15) is 5.10 Å². The Labute approximate surface area is 126 Å². The molecule has 2 rings (SSSR count). The minimum absolute atomic E-state index is 0.340. The number of aromatic nitrogens is 2. The molecule has 0 bridgehead atoms. The molecule has 0 radical (unpaired) electrons. The van der Waals surface area contributed by atoms with Crippen molar-refractivity contribution in [3.05, 3.63) is 46.7 Å². The van der Waals surface area contributed by atoms with E-state index in [0.717, 1.165) is 22.3 Å². The van der Waals surface area contributed by atoms with E-state index in [-0.39, 0.29) is 5.97 Å². The lowest BCUT2D eigenvalue weighted by Gasteiger charge is -2.17. The Morgan fingerprint density at radius 1 is 1.55 bits per heavy atom. The van der Waals surface area contributed by atoms with Gasteiger partial charge in [0, 0.05) is 17.2 Å². The van der Waals surface area contributed by atoms with Gasteiger partial charge in [-0.15, -0.1) is 0 Å². The number of nitrogens with zero attached hydrogens (tertiary/aromatic N) is 2. The van der Waals surface area contributed by atoms with Crippen LogP contribution in [0.3, 0.4) is 0 Å². The van der Waals surface area contributed by atoms with Crippen molar-refractivity contribution in [2.45, 2.75) is 19.5 Å². The van der Waals surface area contributed by atoms with E-state index in [0.29, 0.717) is 0 Å². The van der Waals surface area contributed by atoms with Crippen molar-refractivity contribution in [2.24, 2.45) is 0 Å². The van der Waals surface area contributed by atoms with Crippen LogP contribution in [0.4, 0.5) is 5.69 Å². The van der Waals surface area contributed by atoms with Crippen molar-refractivity contribution in [3.8, 4) is 0 Å². The van der Waals surface area contributed by atoms with Crippen molar-refractivity contribution in [1.29, 1.82) is 0 Å². The van der Waals surface area contributed by atoms with E-state index in [2.05, 4.69) is 26.3 Å². The Morgan fingerprint density at radius 2 is 2.35 bits per heavy atom. The molecule has 2 aromatic rings. The molecular weight excluding hydrogens is 322 g/mol. The normalized spacial score (nSPS) is 11.9. The van der Waals surface area contributed by atoms with Gasteiger partial charge in [-0.1, -0.05) is 28.1 Å². The average molecular weight is 338 g/mol. The summed E-state index contributed by atoms with van der Waals surface area (Å²) in [4.78, 5) is 12.0. The quantitative estimate of drug-likeness (QED) is 0.852. The monoisotopic (exact) mass is 337 g/mol. The van der Waals surface area contributed by atoms with Crippen LogP contribution in [-0.4, -0.2) is 22.9 Å².